The lowest BCUT2D eigenvalue weighted by Gasteiger charge is -2.35. The van der Waals surface area contributed by atoms with E-state index >= 15 is 0 Å². The SMILES string of the molecule is C[C@H](C#N)C[NH+]1CC[NH+](C(c2ccc(F)cc2)c2ccc(F)cc2)CC1. The van der Waals surface area contributed by atoms with Gasteiger partial charge in [-0.05, 0) is 55.5 Å². The molecular weight excluding hydrogens is 332 g/mol. The molecular formula is C21H25F2N3+2. The minimum atomic E-state index is -0.249. The van der Waals surface area contributed by atoms with E-state index in [0.29, 0.717) is 0 Å². The van der Waals surface area contributed by atoms with Crippen molar-refractivity contribution in [3.63, 3.8) is 0 Å². The highest BCUT2D eigenvalue weighted by Gasteiger charge is 2.32. The zero-order valence-corrected chi connectivity index (χ0v) is 15.0. The Kier molecular flexibility index (Phi) is 5.97. The van der Waals surface area contributed by atoms with E-state index in [1.54, 1.807) is 0 Å². The van der Waals surface area contributed by atoms with Gasteiger partial charge < -0.3 is 9.80 Å². The molecule has 0 bridgehead atoms. The van der Waals surface area contributed by atoms with Gasteiger partial charge in [-0.25, -0.2) is 8.78 Å². The molecule has 2 aromatic rings. The van der Waals surface area contributed by atoms with E-state index in [1.807, 2.05) is 31.2 Å². The molecule has 136 valence electrons. The number of nitriles is 1. The van der Waals surface area contributed by atoms with E-state index in [9.17, 15) is 8.78 Å². The molecule has 1 atom stereocenters. The Hall–Kier alpha value is -2.29. The maximum Gasteiger partial charge on any atom is 0.139 e. The molecule has 3 rings (SSSR count). The maximum absolute atomic E-state index is 13.4. The van der Waals surface area contributed by atoms with Gasteiger partial charge in [0.15, 0.2) is 0 Å². The van der Waals surface area contributed by atoms with Crippen molar-refractivity contribution in [2.45, 2.75) is 13.0 Å². The van der Waals surface area contributed by atoms with Gasteiger partial charge in [0.25, 0.3) is 0 Å². The molecule has 2 N–H and O–H groups in total. The minimum Gasteiger partial charge on any atom is -0.325 e. The monoisotopic (exact) mass is 357 g/mol. The molecule has 0 spiro atoms. The Morgan fingerprint density at radius 2 is 1.35 bits per heavy atom. The first-order valence-corrected chi connectivity index (χ1v) is 9.15. The Morgan fingerprint density at radius 3 is 1.77 bits per heavy atom. The zero-order chi connectivity index (χ0) is 18.5. The third-order valence-corrected chi connectivity index (χ3v) is 5.23. The second-order valence-electron chi connectivity index (χ2n) is 7.18. The number of benzene rings is 2. The van der Waals surface area contributed by atoms with Gasteiger partial charge in [0.2, 0.25) is 0 Å². The summed E-state index contributed by atoms with van der Waals surface area (Å²) in [5.41, 5.74) is 2.09. The lowest BCUT2D eigenvalue weighted by Crippen LogP contribution is -3.28. The van der Waals surface area contributed by atoms with Gasteiger partial charge in [0, 0.05) is 11.1 Å². The van der Waals surface area contributed by atoms with Crippen LogP contribution >= 0.6 is 0 Å². The molecule has 0 amide bonds. The van der Waals surface area contributed by atoms with Crippen molar-refractivity contribution in [1.82, 2.24) is 0 Å². The fourth-order valence-electron chi connectivity index (χ4n) is 3.87. The molecule has 2 aromatic carbocycles. The number of hydrogen-bond acceptors (Lipinski definition) is 1. The molecule has 0 aromatic heterocycles. The van der Waals surface area contributed by atoms with Crippen LogP contribution in [0, 0.1) is 28.9 Å². The fourth-order valence-corrected chi connectivity index (χ4v) is 3.87. The van der Waals surface area contributed by atoms with E-state index in [2.05, 4.69) is 6.07 Å². The molecule has 0 aliphatic carbocycles. The average Bonchev–Trinajstić information content (AvgIpc) is 2.66. The first kappa shape index (κ1) is 18.5. The summed E-state index contributed by atoms with van der Waals surface area (Å²) in [6, 6.07) is 15.6. The van der Waals surface area contributed by atoms with Crippen LogP contribution in [0.15, 0.2) is 48.5 Å². The number of nitrogens with zero attached hydrogens (tertiary/aromatic N) is 1. The molecule has 1 aliphatic rings. The summed E-state index contributed by atoms with van der Waals surface area (Å²) in [4.78, 5) is 2.86. The third-order valence-electron chi connectivity index (χ3n) is 5.23. The highest BCUT2D eigenvalue weighted by molar-refractivity contribution is 5.30. The molecule has 0 unspecified atom stereocenters. The van der Waals surface area contributed by atoms with Gasteiger partial charge in [0.1, 0.15) is 43.9 Å². The standard InChI is InChI=1S/C21H23F2N3/c1-16(14-24)15-25-10-12-26(13-11-25)21(17-2-6-19(22)7-3-17)18-4-8-20(23)9-5-18/h2-9,16,21H,10-13,15H2,1H3/p+2/t16-/m1/s1. The van der Waals surface area contributed by atoms with Crippen molar-refractivity contribution >= 4 is 0 Å². The molecule has 1 aliphatic heterocycles. The predicted molar refractivity (Wildman–Crippen MR) is 95.7 cm³/mol. The summed E-state index contributed by atoms with van der Waals surface area (Å²) in [7, 11) is 0. The van der Waals surface area contributed by atoms with Crippen molar-refractivity contribution < 1.29 is 18.6 Å². The third kappa shape index (κ3) is 4.46. The highest BCUT2D eigenvalue weighted by Crippen LogP contribution is 2.20. The second-order valence-corrected chi connectivity index (χ2v) is 7.18. The van der Waals surface area contributed by atoms with Crippen LogP contribution in [0.5, 0.6) is 0 Å². The van der Waals surface area contributed by atoms with Crippen molar-refractivity contribution in [3.8, 4) is 6.07 Å². The minimum absolute atomic E-state index is 0.0612. The van der Waals surface area contributed by atoms with Crippen LogP contribution in [0.3, 0.4) is 0 Å². The first-order chi connectivity index (χ1) is 12.6. The summed E-state index contributed by atoms with van der Waals surface area (Å²) in [5, 5.41) is 9.02. The largest absolute Gasteiger partial charge is 0.325 e. The molecule has 3 nitrogen and oxygen atoms in total. The Labute approximate surface area is 153 Å². The lowest BCUT2D eigenvalue weighted by molar-refractivity contribution is -1.02. The Morgan fingerprint density at radius 1 is 0.885 bits per heavy atom. The smallest absolute Gasteiger partial charge is 0.139 e. The maximum atomic E-state index is 13.4. The van der Waals surface area contributed by atoms with E-state index < -0.39 is 0 Å². The van der Waals surface area contributed by atoms with Gasteiger partial charge >= 0.3 is 0 Å². The number of hydrogen-bond donors (Lipinski definition) is 2. The van der Waals surface area contributed by atoms with Gasteiger partial charge in [-0.1, -0.05) is 0 Å². The van der Waals surface area contributed by atoms with Crippen LogP contribution in [0.2, 0.25) is 0 Å². The molecule has 1 fully saturated rings. The summed E-state index contributed by atoms with van der Waals surface area (Å²) in [6.45, 7) is 6.77. The van der Waals surface area contributed by atoms with Gasteiger partial charge in [-0.2, -0.15) is 5.26 Å². The molecule has 0 radical (unpaired) electrons. The number of rotatable bonds is 5. The van der Waals surface area contributed by atoms with Gasteiger partial charge in [-0.3, -0.25) is 0 Å². The normalized spacial score (nSPS) is 21.3. The van der Waals surface area contributed by atoms with Crippen LogP contribution in [0.4, 0.5) is 8.78 Å². The lowest BCUT2D eigenvalue weighted by atomic mass is 9.96. The summed E-state index contributed by atoms with van der Waals surface area (Å²) < 4.78 is 26.7. The van der Waals surface area contributed by atoms with E-state index in [4.69, 9.17) is 5.26 Å². The summed E-state index contributed by atoms with van der Waals surface area (Å²) in [6.07, 6.45) is 0. The molecule has 26 heavy (non-hydrogen) atoms. The van der Waals surface area contributed by atoms with Crippen LogP contribution in [0.25, 0.3) is 0 Å². The van der Waals surface area contributed by atoms with Gasteiger partial charge in [-0.15, -0.1) is 0 Å². The summed E-state index contributed by atoms with van der Waals surface area (Å²) in [5.74, 6) is -0.431. The Bertz CT molecular complexity index is 699. The summed E-state index contributed by atoms with van der Waals surface area (Å²) >= 11 is 0. The van der Waals surface area contributed by atoms with Crippen LogP contribution in [-0.2, 0) is 0 Å². The fraction of sp³-hybridized carbons (Fsp3) is 0.381. The number of piperazine rings is 1. The first-order valence-electron chi connectivity index (χ1n) is 9.15. The van der Waals surface area contributed by atoms with Crippen molar-refractivity contribution in [1.29, 1.82) is 5.26 Å². The Balaban J connectivity index is 1.80. The predicted octanol–water partition coefficient (Wildman–Crippen LogP) is 0.997. The quantitative estimate of drug-likeness (QED) is 0.822. The molecule has 0 saturated carbocycles. The van der Waals surface area contributed by atoms with Crippen molar-refractivity contribution in [2.24, 2.45) is 5.92 Å². The number of halogens is 2. The highest BCUT2D eigenvalue weighted by atomic mass is 19.1. The topological polar surface area (TPSA) is 32.7 Å². The van der Waals surface area contributed by atoms with E-state index in [0.717, 1.165) is 43.9 Å². The van der Waals surface area contributed by atoms with Crippen molar-refractivity contribution in [2.75, 3.05) is 32.7 Å². The molecule has 5 heteroatoms. The van der Waals surface area contributed by atoms with E-state index in [-0.39, 0.29) is 23.6 Å². The number of nitrogens with one attached hydrogen (secondary N) is 2. The van der Waals surface area contributed by atoms with Crippen LogP contribution in [0.1, 0.15) is 24.1 Å². The van der Waals surface area contributed by atoms with Crippen LogP contribution < -0.4 is 9.80 Å². The van der Waals surface area contributed by atoms with Gasteiger partial charge in [0.05, 0.1) is 18.5 Å². The molecule has 1 heterocycles. The zero-order valence-electron chi connectivity index (χ0n) is 15.0. The molecule has 1 saturated heterocycles. The van der Waals surface area contributed by atoms with Crippen LogP contribution in [-0.4, -0.2) is 32.7 Å². The number of quaternary nitrogens is 2. The van der Waals surface area contributed by atoms with E-state index in [1.165, 1.54) is 34.1 Å². The van der Waals surface area contributed by atoms with Crippen molar-refractivity contribution in [3.05, 3.63) is 71.3 Å². The average molecular weight is 357 g/mol. The second kappa shape index (κ2) is 8.39.